The molecule has 0 bridgehead atoms. The maximum Gasteiger partial charge on any atom is 0.257 e. The number of aliphatic hydroxyl groups excluding tert-OH is 1. The van der Waals surface area contributed by atoms with Crippen LogP contribution in [0.1, 0.15) is 46.3 Å². The Bertz CT molecular complexity index is 1080. The van der Waals surface area contributed by atoms with Gasteiger partial charge in [-0.2, -0.15) is 0 Å². The van der Waals surface area contributed by atoms with E-state index in [0.29, 0.717) is 40.9 Å². The van der Waals surface area contributed by atoms with Crippen molar-refractivity contribution in [2.45, 2.75) is 38.7 Å². The Morgan fingerprint density at radius 2 is 2.03 bits per heavy atom. The van der Waals surface area contributed by atoms with Crippen molar-refractivity contribution >= 4 is 23.2 Å². The summed E-state index contributed by atoms with van der Waals surface area (Å²) in [7, 11) is 0. The molecule has 0 saturated carbocycles. The summed E-state index contributed by atoms with van der Waals surface area (Å²) in [6.07, 6.45) is 1.29. The number of aliphatic hydroxyl groups is 1. The van der Waals surface area contributed by atoms with E-state index in [9.17, 15) is 9.18 Å². The maximum atomic E-state index is 14.1. The number of benzene rings is 1. The minimum Gasteiger partial charge on any atom is -0.488 e. The number of aromatic nitrogens is 2. The molecule has 2 N–H and O–H groups in total. The van der Waals surface area contributed by atoms with Gasteiger partial charge < -0.3 is 20.2 Å². The molecular formula is C24H29ClFN5O3. The van der Waals surface area contributed by atoms with Crippen molar-refractivity contribution in [3.63, 3.8) is 0 Å². The molecule has 1 amide bonds. The van der Waals surface area contributed by atoms with Crippen LogP contribution in [0.3, 0.4) is 0 Å². The summed E-state index contributed by atoms with van der Waals surface area (Å²) in [5, 5.41) is 18.0. The third-order valence-electron chi connectivity index (χ3n) is 6.31. The van der Waals surface area contributed by atoms with Crippen LogP contribution >= 0.6 is 11.6 Å². The van der Waals surface area contributed by atoms with E-state index in [0.717, 1.165) is 19.5 Å². The number of rotatable bonds is 7. The molecule has 0 radical (unpaired) electrons. The summed E-state index contributed by atoms with van der Waals surface area (Å²) >= 11 is 6.18. The fraction of sp³-hybridized carbons (Fsp3) is 0.500. The average Bonchev–Trinajstić information content (AvgIpc) is 3.41. The number of nitrogens with zero attached hydrogens (tertiary/aromatic N) is 4. The first-order valence-electron chi connectivity index (χ1n) is 11.4. The van der Waals surface area contributed by atoms with Crippen LogP contribution in [0.15, 0.2) is 18.2 Å². The minimum absolute atomic E-state index is 0.136. The lowest BCUT2D eigenvalue weighted by molar-refractivity contribution is 0.0787. The van der Waals surface area contributed by atoms with Gasteiger partial charge in [0.15, 0.2) is 0 Å². The van der Waals surface area contributed by atoms with Crippen molar-refractivity contribution in [3.05, 3.63) is 51.8 Å². The number of carbonyl (C=O) groups is 1. The first kappa shape index (κ1) is 24.5. The Hall–Kier alpha value is -2.62. The van der Waals surface area contributed by atoms with Crippen LogP contribution in [-0.4, -0.2) is 81.9 Å². The Morgan fingerprint density at radius 3 is 2.74 bits per heavy atom. The molecule has 2 unspecified atom stereocenters. The van der Waals surface area contributed by atoms with Crippen molar-refractivity contribution < 1.29 is 19.0 Å². The van der Waals surface area contributed by atoms with Gasteiger partial charge >= 0.3 is 0 Å². The molecule has 8 nitrogen and oxygen atoms in total. The molecular weight excluding hydrogens is 461 g/mol. The number of aryl methyl sites for hydroxylation is 2. The van der Waals surface area contributed by atoms with E-state index in [4.69, 9.17) is 26.9 Å². The van der Waals surface area contributed by atoms with Crippen LogP contribution in [0.2, 0.25) is 5.02 Å². The quantitative estimate of drug-likeness (QED) is 0.620. The van der Waals surface area contributed by atoms with E-state index >= 15 is 0 Å². The Morgan fingerprint density at radius 1 is 1.29 bits per heavy atom. The number of ether oxygens (including phenoxy) is 1. The number of hydrogen-bond donors (Lipinski definition) is 2. The van der Waals surface area contributed by atoms with E-state index < -0.39 is 11.7 Å². The highest BCUT2D eigenvalue weighted by Crippen LogP contribution is 2.30. The van der Waals surface area contributed by atoms with Crippen molar-refractivity contribution in [2.24, 2.45) is 0 Å². The SMILES string of the molecule is Cc1nc(C2CN(C(=O)c3ccc(F)cc3OC3CCN(CCCO)C3)CC2=N)nc(C)c1Cl. The highest BCUT2D eigenvalue weighted by atomic mass is 35.5. The number of nitrogens with one attached hydrogen (secondary N) is 1. The Kier molecular flexibility index (Phi) is 7.45. The number of hydrogen-bond acceptors (Lipinski definition) is 7. The number of likely N-dealkylation sites (tertiary alicyclic amines) is 2. The lowest BCUT2D eigenvalue weighted by atomic mass is 10.1. The molecule has 34 heavy (non-hydrogen) atoms. The second kappa shape index (κ2) is 10.3. The molecule has 0 aliphatic carbocycles. The highest BCUT2D eigenvalue weighted by Gasteiger charge is 2.36. The molecule has 0 spiro atoms. The van der Waals surface area contributed by atoms with Crippen molar-refractivity contribution in [1.82, 2.24) is 19.8 Å². The molecule has 2 aliphatic heterocycles. The third-order valence-corrected chi connectivity index (χ3v) is 6.86. The zero-order chi connectivity index (χ0) is 24.4. The van der Waals surface area contributed by atoms with E-state index in [1.807, 2.05) is 0 Å². The zero-order valence-electron chi connectivity index (χ0n) is 19.4. The van der Waals surface area contributed by atoms with Gasteiger partial charge in [0.05, 0.1) is 34.4 Å². The Balaban J connectivity index is 1.50. The lowest BCUT2D eigenvalue weighted by Gasteiger charge is -2.21. The average molecular weight is 490 g/mol. The largest absolute Gasteiger partial charge is 0.488 e. The van der Waals surface area contributed by atoms with Gasteiger partial charge in [0.2, 0.25) is 0 Å². The predicted molar refractivity (Wildman–Crippen MR) is 126 cm³/mol. The predicted octanol–water partition coefficient (Wildman–Crippen LogP) is 2.98. The first-order chi connectivity index (χ1) is 16.3. The van der Waals surface area contributed by atoms with Gasteiger partial charge in [-0.1, -0.05) is 11.6 Å². The summed E-state index contributed by atoms with van der Waals surface area (Å²) in [6, 6.07) is 3.93. The lowest BCUT2D eigenvalue weighted by Crippen LogP contribution is -2.30. The van der Waals surface area contributed by atoms with Crippen LogP contribution < -0.4 is 4.74 Å². The zero-order valence-corrected chi connectivity index (χ0v) is 20.1. The standard InChI is InChI=1S/C24H29ClFN5O3/c1-14-22(25)15(2)29-23(28-14)19-12-31(13-20(19)27)24(33)18-5-4-16(26)10-21(18)34-17-6-8-30(11-17)7-3-9-32/h4-5,10,17,19,27,32H,3,6-9,11-13H2,1-2H3. The summed E-state index contributed by atoms with van der Waals surface area (Å²) in [4.78, 5) is 26.0. The van der Waals surface area contributed by atoms with Gasteiger partial charge in [-0.3, -0.25) is 9.69 Å². The summed E-state index contributed by atoms with van der Waals surface area (Å²) in [6.45, 7) is 6.37. The smallest absolute Gasteiger partial charge is 0.257 e. The van der Waals surface area contributed by atoms with Crippen molar-refractivity contribution in [2.75, 3.05) is 39.3 Å². The third kappa shape index (κ3) is 5.21. The van der Waals surface area contributed by atoms with Gasteiger partial charge in [-0.05, 0) is 38.8 Å². The minimum atomic E-state index is -0.478. The summed E-state index contributed by atoms with van der Waals surface area (Å²) in [5.41, 5.74) is 1.89. The van der Waals surface area contributed by atoms with Gasteiger partial charge in [-0.25, -0.2) is 14.4 Å². The first-order valence-corrected chi connectivity index (χ1v) is 11.8. The van der Waals surface area contributed by atoms with Gasteiger partial charge in [0, 0.05) is 44.6 Å². The summed E-state index contributed by atoms with van der Waals surface area (Å²) < 4.78 is 20.1. The fourth-order valence-electron chi connectivity index (χ4n) is 4.50. The second-order valence-electron chi connectivity index (χ2n) is 8.88. The number of carbonyl (C=O) groups excluding carboxylic acids is 1. The molecule has 1 aromatic heterocycles. The van der Waals surface area contributed by atoms with E-state index in [-0.39, 0.29) is 43.0 Å². The van der Waals surface area contributed by atoms with Crippen molar-refractivity contribution in [3.8, 4) is 5.75 Å². The molecule has 2 aliphatic rings. The number of halogens is 2. The monoisotopic (exact) mass is 489 g/mol. The van der Waals surface area contributed by atoms with Gasteiger partial charge in [-0.15, -0.1) is 0 Å². The number of amides is 1. The van der Waals surface area contributed by atoms with Crippen LogP contribution in [0.4, 0.5) is 4.39 Å². The summed E-state index contributed by atoms with van der Waals surface area (Å²) in [5.74, 6) is -0.528. The van der Waals surface area contributed by atoms with Gasteiger partial charge in [0.1, 0.15) is 23.5 Å². The van der Waals surface area contributed by atoms with Crippen LogP contribution in [0.25, 0.3) is 0 Å². The topological polar surface area (TPSA) is 103 Å². The second-order valence-corrected chi connectivity index (χ2v) is 9.25. The molecule has 10 heteroatoms. The molecule has 2 atom stereocenters. The highest BCUT2D eigenvalue weighted by molar-refractivity contribution is 6.31. The fourth-order valence-corrected chi connectivity index (χ4v) is 4.58. The molecule has 1 aromatic carbocycles. The van der Waals surface area contributed by atoms with Gasteiger partial charge in [0.25, 0.3) is 5.91 Å². The van der Waals surface area contributed by atoms with Crippen LogP contribution in [0, 0.1) is 25.1 Å². The molecule has 4 rings (SSSR count). The van der Waals surface area contributed by atoms with Crippen LogP contribution in [0.5, 0.6) is 5.75 Å². The van der Waals surface area contributed by atoms with E-state index in [1.165, 1.54) is 18.2 Å². The molecule has 3 heterocycles. The maximum absolute atomic E-state index is 14.1. The van der Waals surface area contributed by atoms with E-state index in [2.05, 4.69) is 14.9 Å². The van der Waals surface area contributed by atoms with E-state index in [1.54, 1.807) is 18.7 Å². The Labute approximate surface area is 203 Å². The molecule has 2 aromatic rings. The van der Waals surface area contributed by atoms with Crippen molar-refractivity contribution in [1.29, 1.82) is 5.41 Å². The molecule has 2 fully saturated rings. The molecule has 2 saturated heterocycles. The van der Waals surface area contributed by atoms with Crippen LogP contribution in [-0.2, 0) is 0 Å². The normalized spacial score (nSPS) is 20.9. The molecule has 182 valence electrons.